The molecular weight excluding hydrogens is 262 g/mol. The van der Waals surface area contributed by atoms with Gasteiger partial charge in [-0.15, -0.1) is 0 Å². The molecule has 0 aromatic heterocycles. The first kappa shape index (κ1) is 15.5. The maximum atomic E-state index is 5.75. The standard InChI is InChI=1S/C18H23NO2/c1-15(12-20-14-17-5-3-2-4-6-17)13-21-18-9-7-16(11-19)8-10-18/h2-10,15H,11-14,19H2,1H3. The van der Waals surface area contributed by atoms with Crippen LogP contribution in [0.2, 0.25) is 0 Å². The lowest BCUT2D eigenvalue weighted by Crippen LogP contribution is -2.14. The highest BCUT2D eigenvalue weighted by Crippen LogP contribution is 2.13. The van der Waals surface area contributed by atoms with E-state index in [1.54, 1.807) is 0 Å². The Morgan fingerprint density at radius 1 is 0.905 bits per heavy atom. The molecule has 3 nitrogen and oxygen atoms in total. The third kappa shape index (κ3) is 5.58. The third-order valence-corrected chi connectivity index (χ3v) is 3.21. The summed E-state index contributed by atoms with van der Waals surface area (Å²) >= 11 is 0. The Hall–Kier alpha value is -1.84. The van der Waals surface area contributed by atoms with Gasteiger partial charge in [0.15, 0.2) is 0 Å². The summed E-state index contributed by atoms with van der Waals surface area (Å²) in [7, 11) is 0. The molecule has 21 heavy (non-hydrogen) atoms. The molecule has 0 spiro atoms. The van der Waals surface area contributed by atoms with E-state index < -0.39 is 0 Å². The van der Waals surface area contributed by atoms with E-state index in [0.717, 1.165) is 11.3 Å². The molecule has 1 unspecified atom stereocenters. The first-order chi connectivity index (χ1) is 10.3. The van der Waals surface area contributed by atoms with Gasteiger partial charge in [-0.25, -0.2) is 0 Å². The van der Waals surface area contributed by atoms with Crippen molar-refractivity contribution < 1.29 is 9.47 Å². The smallest absolute Gasteiger partial charge is 0.119 e. The van der Waals surface area contributed by atoms with E-state index in [-0.39, 0.29) is 0 Å². The number of hydrogen-bond donors (Lipinski definition) is 1. The van der Waals surface area contributed by atoms with Gasteiger partial charge in [0, 0.05) is 12.5 Å². The molecule has 0 heterocycles. The summed E-state index contributed by atoms with van der Waals surface area (Å²) in [5.41, 5.74) is 7.88. The van der Waals surface area contributed by atoms with Crippen LogP contribution in [0.25, 0.3) is 0 Å². The van der Waals surface area contributed by atoms with Crippen molar-refractivity contribution in [2.75, 3.05) is 13.2 Å². The van der Waals surface area contributed by atoms with Crippen LogP contribution in [-0.2, 0) is 17.9 Å². The van der Waals surface area contributed by atoms with Gasteiger partial charge in [-0.3, -0.25) is 0 Å². The first-order valence-corrected chi connectivity index (χ1v) is 7.31. The molecule has 0 fully saturated rings. The molecule has 1 atom stereocenters. The fourth-order valence-electron chi connectivity index (χ4n) is 1.96. The Morgan fingerprint density at radius 2 is 1.62 bits per heavy atom. The van der Waals surface area contributed by atoms with Gasteiger partial charge in [0.25, 0.3) is 0 Å². The summed E-state index contributed by atoms with van der Waals surface area (Å²) in [5.74, 6) is 1.23. The minimum Gasteiger partial charge on any atom is -0.493 e. The Kier molecular flexibility index (Phi) is 6.25. The summed E-state index contributed by atoms with van der Waals surface area (Å²) in [6, 6.07) is 18.1. The monoisotopic (exact) mass is 285 g/mol. The lowest BCUT2D eigenvalue weighted by molar-refractivity contribution is 0.0742. The zero-order valence-electron chi connectivity index (χ0n) is 12.5. The van der Waals surface area contributed by atoms with Crippen LogP contribution in [0.5, 0.6) is 5.75 Å². The van der Waals surface area contributed by atoms with Crippen LogP contribution in [0.4, 0.5) is 0 Å². The van der Waals surface area contributed by atoms with Crippen molar-refractivity contribution >= 4 is 0 Å². The van der Waals surface area contributed by atoms with Crippen LogP contribution in [0.3, 0.4) is 0 Å². The topological polar surface area (TPSA) is 44.5 Å². The van der Waals surface area contributed by atoms with Gasteiger partial charge in [0.1, 0.15) is 5.75 Å². The van der Waals surface area contributed by atoms with Gasteiger partial charge in [-0.1, -0.05) is 49.4 Å². The molecule has 3 heteroatoms. The summed E-state index contributed by atoms with van der Waals surface area (Å²) in [4.78, 5) is 0. The number of rotatable bonds is 8. The fraction of sp³-hybridized carbons (Fsp3) is 0.333. The predicted octanol–water partition coefficient (Wildman–Crippen LogP) is 3.38. The van der Waals surface area contributed by atoms with Crippen LogP contribution in [0, 0.1) is 5.92 Å². The Bertz CT molecular complexity index is 511. The second-order valence-electron chi connectivity index (χ2n) is 5.26. The van der Waals surface area contributed by atoms with Gasteiger partial charge < -0.3 is 15.2 Å². The quantitative estimate of drug-likeness (QED) is 0.808. The molecule has 0 saturated carbocycles. The molecule has 2 aromatic carbocycles. The minimum atomic E-state index is 0.350. The van der Waals surface area contributed by atoms with Gasteiger partial charge in [-0.2, -0.15) is 0 Å². The molecule has 0 aliphatic carbocycles. The van der Waals surface area contributed by atoms with Crippen molar-refractivity contribution in [1.29, 1.82) is 0 Å². The third-order valence-electron chi connectivity index (χ3n) is 3.21. The largest absolute Gasteiger partial charge is 0.493 e. The van der Waals surface area contributed by atoms with E-state index in [9.17, 15) is 0 Å². The first-order valence-electron chi connectivity index (χ1n) is 7.31. The highest BCUT2D eigenvalue weighted by atomic mass is 16.5. The van der Waals surface area contributed by atoms with Crippen LogP contribution >= 0.6 is 0 Å². The van der Waals surface area contributed by atoms with Gasteiger partial charge in [-0.05, 0) is 23.3 Å². The molecule has 0 radical (unpaired) electrons. The van der Waals surface area contributed by atoms with E-state index >= 15 is 0 Å². The predicted molar refractivity (Wildman–Crippen MR) is 85.1 cm³/mol. The average molecular weight is 285 g/mol. The molecule has 0 saturated heterocycles. The summed E-state index contributed by atoms with van der Waals surface area (Å²) in [6.07, 6.45) is 0. The van der Waals surface area contributed by atoms with Crippen molar-refractivity contribution in [2.45, 2.75) is 20.1 Å². The minimum absolute atomic E-state index is 0.350. The summed E-state index contributed by atoms with van der Waals surface area (Å²) < 4.78 is 11.5. The van der Waals surface area contributed by atoms with Crippen molar-refractivity contribution in [1.82, 2.24) is 0 Å². The van der Waals surface area contributed by atoms with Crippen LogP contribution in [-0.4, -0.2) is 13.2 Å². The highest BCUT2D eigenvalue weighted by molar-refractivity contribution is 5.27. The molecule has 2 N–H and O–H groups in total. The lowest BCUT2D eigenvalue weighted by Gasteiger charge is -2.14. The molecule has 0 amide bonds. The number of hydrogen-bond acceptors (Lipinski definition) is 3. The lowest BCUT2D eigenvalue weighted by atomic mass is 10.2. The van der Waals surface area contributed by atoms with Crippen molar-refractivity contribution in [2.24, 2.45) is 11.7 Å². The molecule has 0 aliphatic rings. The second-order valence-corrected chi connectivity index (χ2v) is 5.26. The molecule has 2 aromatic rings. The van der Waals surface area contributed by atoms with Crippen LogP contribution in [0.1, 0.15) is 18.1 Å². The van der Waals surface area contributed by atoms with Gasteiger partial charge in [0.05, 0.1) is 19.8 Å². The SMILES string of the molecule is CC(COCc1ccccc1)COc1ccc(CN)cc1. The van der Waals surface area contributed by atoms with Crippen LogP contribution < -0.4 is 10.5 Å². The zero-order valence-corrected chi connectivity index (χ0v) is 12.5. The highest BCUT2D eigenvalue weighted by Gasteiger charge is 2.04. The molecule has 112 valence electrons. The summed E-state index contributed by atoms with van der Waals surface area (Å²) in [6.45, 7) is 4.67. The van der Waals surface area contributed by atoms with E-state index in [1.807, 2.05) is 42.5 Å². The fourth-order valence-corrected chi connectivity index (χ4v) is 1.96. The van der Waals surface area contributed by atoms with Gasteiger partial charge >= 0.3 is 0 Å². The molecule has 2 rings (SSSR count). The molecular formula is C18H23NO2. The normalized spacial score (nSPS) is 12.1. The average Bonchev–Trinajstić information content (AvgIpc) is 2.54. The Morgan fingerprint density at radius 3 is 2.29 bits per heavy atom. The van der Waals surface area contributed by atoms with Crippen molar-refractivity contribution in [3.63, 3.8) is 0 Å². The van der Waals surface area contributed by atoms with E-state index in [4.69, 9.17) is 15.2 Å². The van der Waals surface area contributed by atoms with Gasteiger partial charge in [0.2, 0.25) is 0 Å². The van der Waals surface area contributed by atoms with E-state index in [0.29, 0.717) is 32.3 Å². The Labute approximate surface area is 126 Å². The maximum absolute atomic E-state index is 5.75. The Balaban J connectivity index is 1.66. The zero-order chi connectivity index (χ0) is 14.9. The van der Waals surface area contributed by atoms with E-state index in [1.165, 1.54) is 5.56 Å². The second kappa shape index (κ2) is 8.45. The number of ether oxygens (including phenoxy) is 2. The molecule has 0 aliphatic heterocycles. The number of benzene rings is 2. The molecule has 0 bridgehead atoms. The van der Waals surface area contributed by atoms with Crippen molar-refractivity contribution in [3.8, 4) is 5.75 Å². The van der Waals surface area contributed by atoms with Crippen LogP contribution in [0.15, 0.2) is 54.6 Å². The van der Waals surface area contributed by atoms with Crippen molar-refractivity contribution in [3.05, 3.63) is 65.7 Å². The summed E-state index contributed by atoms with van der Waals surface area (Å²) in [5, 5.41) is 0. The number of nitrogens with two attached hydrogens (primary N) is 1. The maximum Gasteiger partial charge on any atom is 0.119 e. The van der Waals surface area contributed by atoms with E-state index in [2.05, 4.69) is 19.1 Å².